The maximum Gasteiger partial charge on any atom is 0.132 e. The summed E-state index contributed by atoms with van der Waals surface area (Å²) in [6, 6.07) is 9.59. The maximum atomic E-state index is 6.29. The van der Waals surface area contributed by atoms with Crippen LogP contribution in [0.25, 0.3) is 17.0 Å². The van der Waals surface area contributed by atoms with Gasteiger partial charge in [-0.3, -0.25) is 0 Å². The predicted molar refractivity (Wildman–Crippen MR) is 104 cm³/mol. The molecule has 1 heterocycles. The first-order chi connectivity index (χ1) is 12.6. The number of methoxy groups -OCH3 is 3. The molecule has 3 N–H and O–H groups in total. The van der Waals surface area contributed by atoms with E-state index in [-0.39, 0.29) is 0 Å². The van der Waals surface area contributed by atoms with Gasteiger partial charge in [0.15, 0.2) is 0 Å². The van der Waals surface area contributed by atoms with Crippen molar-refractivity contribution < 1.29 is 14.2 Å². The highest BCUT2D eigenvalue weighted by molar-refractivity contribution is 5.76. The Labute approximate surface area is 155 Å². The summed E-state index contributed by atoms with van der Waals surface area (Å²) in [5.41, 5.74) is 11.1. The molecule has 0 radical (unpaired) electrons. The number of nitrogens with one attached hydrogen (secondary N) is 1. The van der Waals surface area contributed by atoms with Gasteiger partial charge in [0.1, 0.15) is 11.5 Å². The zero-order valence-electron chi connectivity index (χ0n) is 16.1. The highest BCUT2D eigenvalue weighted by Gasteiger charge is 2.17. The SMILES string of the molecule is CCC(NC)=C(N)c1cccc(-c2c(OC)cc(COC)cc2OC)n1. The molecule has 6 heteroatoms. The van der Waals surface area contributed by atoms with E-state index in [9.17, 15) is 0 Å². The Morgan fingerprint density at radius 2 is 1.77 bits per heavy atom. The van der Waals surface area contributed by atoms with Gasteiger partial charge in [-0.05, 0) is 36.2 Å². The molecule has 2 aromatic rings. The Morgan fingerprint density at radius 3 is 2.27 bits per heavy atom. The van der Waals surface area contributed by atoms with Gasteiger partial charge in [-0.15, -0.1) is 0 Å². The van der Waals surface area contributed by atoms with E-state index in [0.29, 0.717) is 29.5 Å². The molecule has 6 nitrogen and oxygen atoms in total. The van der Waals surface area contributed by atoms with Gasteiger partial charge < -0.3 is 25.3 Å². The first kappa shape index (κ1) is 19.6. The second-order valence-electron chi connectivity index (χ2n) is 5.71. The number of rotatable bonds is 8. The van der Waals surface area contributed by atoms with Crippen LogP contribution in [0.4, 0.5) is 0 Å². The van der Waals surface area contributed by atoms with Gasteiger partial charge in [-0.1, -0.05) is 13.0 Å². The fourth-order valence-electron chi connectivity index (χ4n) is 2.85. The molecule has 0 aliphatic rings. The molecule has 0 unspecified atom stereocenters. The van der Waals surface area contributed by atoms with Crippen LogP contribution in [0.2, 0.25) is 0 Å². The number of hydrogen-bond acceptors (Lipinski definition) is 6. The summed E-state index contributed by atoms with van der Waals surface area (Å²) in [5.74, 6) is 1.35. The minimum Gasteiger partial charge on any atom is -0.496 e. The van der Waals surface area contributed by atoms with Crippen LogP contribution in [0.15, 0.2) is 36.0 Å². The average Bonchev–Trinajstić information content (AvgIpc) is 2.68. The van der Waals surface area contributed by atoms with Crippen LogP contribution >= 0.6 is 0 Å². The Kier molecular flexibility index (Phi) is 6.86. The number of allylic oxidation sites excluding steroid dienone is 1. The third kappa shape index (κ3) is 4.08. The van der Waals surface area contributed by atoms with E-state index >= 15 is 0 Å². The van der Waals surface area contributed by atoms with Gasteiger partial charge in [0.05, 0.1) is 43.5 Å². The average molecular weight is 357 g/mol. The number of aromatic nitrogens is 1. The Balaban J connectivity index is 2.62. The van der Waals surface area contributed by atoms with Gasteiger partial charge >= 0.3 is 0 Å². The van der Waals surface area contributed by atoms with Crippen molar-refractivity contribution in [3.05, 3.63) is 47.3 Å². The molecule has 2 rings (SSSR count). The monoisotopic (exact) mass is 357 g/mol. The fourth-order valence-corrected chi connectivity index (χ4v) is 2.85. The van der Waals surface area contributed by atoms with Crippen molar-refractivity contribution in [1.82, 2.24) is 10.3 Å². The highest BCUT2D eigenvalue weighted by atomic mass is 16.5. The summed E-state index contributed by atoms with van der Waals surface area (Å²) < 4.78 is 16.4. The molecule has 0 aliphatic heterocycles. The lowest BCUT2D eigenvalue weighted by Gasteiger charge is -2.16. The molecule has 0 saturated heterocycles. The van der Waals surface area contributed by atoms with Crippen LogP contribution < -0.4 is 20.5 Å². The molecular formula is C20H27N3O3. The van der Waals surface area contributed by atoms with Gasteiger partial charge in [0.25, 0.3) is 0 Å². The van der Waals surface area contributed by atoms with E-state index < -0.39 is 0 Å². The lowest BCUT2D eigenvalue weighted by atomic mass is 10.0. The second kappa shape index (κ2) is 9.10. The second-order valence-corrected chi connectivity index (χ2v) is 5.71. The number of nitrogens with two attached hydrogens (primary N) is 1. The molecule has 140 valence electrons. The summed E-state index contributed by atoms with van der Waals surface area (Å²) in [7, 11) is 6.77. The lowest BCUT2D eigenvalue weighted by Crippen LogP contribution is -2.13. The molecule has 1 aromatic carbocycles. The summed E-state index contributed by atoms with van der Waals surface area (Å²) in [6.07, 6.45) is 0.798. The maximum absolute atomic E-state index is 6.29. The summed E-state index contributed by atoms with van der Waals surface area (Å²) in [5, 5.41) is 3.13. The minimum atomic E-state index is 0.470. The number of hydrogen-bond donors (Lipinski definition) is 2. The molecule has 0 atom stereocenters. The smallest absolute Gasteiger partial charge is 0.132 e. The third-order valence-corrected chi connectivity index (χ3v) is 4.14. The standard InChI is InChI=1S/C20H27N3O3/c1-6-14(22-2)20(21)16-9-7-8-15(23-16)19-17(25-4)10-13(12-24-3)11-18(19)26-5/h7-11,22H,6,12,21H2,1-5H3. The molecule has 0 aliphatic carbocycles. The molecule has 0 bridgehead atoms. The van der Waals surface area contributed by atoms with Crippen molar-refractivity contribution in [2.75, 3.05) is 28.4 Å². The zero-order chi connectivity index (χ0) is 19.1. The summed E-state index contributed by atoms with van der Waals surface area (Å²) in [6.45, 7) is 2.52. The Bertz CT molecular complexity index is 757. The van der Waals surface area contributed by atoms with E-state index in [1.165, 1.54) is 0 Å². The van der Waals surface area contributed by atoms with Crippen LogP contribution in [0.3, 0.4) is 0 Å². The zero-order valence-corrected chi connectivity index (χ0v) is 16.1. The summed E-state index contributed by atoms with van der Waals surface area (Å²) in [4.78, 5) is 4.74. The van der Waals surface area contributed by atoms with E-state index in [1.54, 1.807) is 21.3 Å². The van der Waals surface area contributed by atoms with Crippen molar-refractivity contribution in [2.45, 2.75) is 20.0 Å². The Hall–Kier alpha value is -2.73. The normalized spacial score (nSPS) is 11.7. The van der Waals surface area contributed by atoms with E-state index in [4.69, 9.17) is 24.9 Å². The van der Waals surface area contributed by atoms with E-state index in [2.05, 4.69) is 5.32 Å². The van der Waals surface area contributed by atoms with Crippen molar-refractivity contribution in [3.63, 3.8) is 0 Å². The molecule has 26 heavy (non-hydrogen) atoms. The van der Waals surface area contributed by atoms with Crippen molar-refractivity contribution >= 4 is 5.70 Å². The van der Waals surface area contributed by atoms with Crippen molar-refractivity contribution in [1.29, 1.82) is 0 Å². The number of nitrogens with zero attached hydrogens (tertiary/aromatic N) is 1. The first-order valence-corrected chi connectivity index (χ1v) is 8.47. The van der Waals surface area contributed by atoms with Crippen LogP contribution in [0.1, 0.15) is 24.6 Å². The summed E-state index contributed by atoms with van der Waals surface area (Å²) >= 11 is 0. The van der Waals surface area contributed by atoms with Crippen LogP contribution in [0, 0.1) is 0 Å². The van der Waals surface area contributed by atoms with Crippen LogP contribution in [-0.4, -0.2) is 33.4 Å². The van der Waals surface area contributed by atoms with Gasteiger partial charge in [0, 0.05) is 19.9 Å². The highest BCUT2D eigenvalue weighted by Crippen LogP contribution is 2.39. The number of ether oxygens (including phenoxy) is 3. The van der Waals surface area contributed by atoms with Gasteiger partial charge in [-0.25, -0.2) is 4.98 Å². The lowest BCUT2D eigenvalue weighted by molar-refractivity contribution is 0.184. The molecule has 1 aromatic heterocycles. The van der Waals surface area contributed by atoms with Crippen molar-refractivity contribution in [2.24, 2.45) is 5.73 Å². The van der Waals surface area contributed by atoms with Crippen LogP contribution in [0.5, 0.6) is 11.5 Å². The topological polar surface area (TPSA) is 78.6 Å². The largest absolute Gasteiger partial charge is 0.496 e. The quantitative estimate of drug-likeness (QED) is 0.755. The van der Waals surface area contributed by atoms with Gasteiger partial charge in [-0.2, -0.15) is 0 Å². The van der Waals surface area contributed by atoms with Crippen molar-refractivity contribution in [3.8, 4) is 22.8 Å². The third-order valence-electron chi connectivity index (χ3n) is 4.14. The van der Waals surface area contributed by atoms with Crippen LogP contribution in [-0.2, 0) is 11.3 Å². The molecule has 0 saturated carbocycles. The number of benzene rings is 1. The predicted octanol–water partition coefficient (Wildman–Crippen LogP) is 3.17. The number of pyridine rings is 1. The van der Waals surface area contributed by atoms with E-state index in [0.717, 1.165) is 28.9 Å². The Morgan fingerprint density at radius 1 is 1.12 bits per heavy atom. The minimum absolute atomic E-state index is 0.470. The molecule has 0 amide bonds. The molecule has 0 fully saturated rings. The molecular weight excluding hydrogens is 330 g/mol. The molecule has 0 spiro atoms. The van der Waals surface area contributed by atoms with E-state index in [1.807, 2.05) is 44.3 Å². The fraction of sp³-hybridized carbons (Fsp3) is 0.350. The first-order valence-electron chi connectivity index (χ1n) is 8.47. The van der Waals surface area contributed by atoms with Gasteiger partial charge in [0.2, 0.25) is 0 Å².